The minimum Gasteiger partial charge on any atom is -0.497 e. The zero-order valence-electron chi connectivity index (χ0n) is 14.4. The first-order valence-electron chi connectivity index (χ1n) is 8.62. The highest BCUT2D eigenvalue weighted by Crippen LogP contribution is 2.30. The molecule has 1 saturated carbocycles. The number of hydrogen-bond donors (Lipinski definition) is 1. The SMILES string of the molecule is COc1ccc(OCC(O)CSc2nnnn2C2CCCCC2)cc1. The van der Waals surface area contributed by atoms with E-state index in [4.69, 9.17) is 9.47 Å². The predicted molar refractivity (Wildman–Crippen MR) is 95.2 cm³/mol. The molecule has 1 aliphatic rings. The van der Waals surface area contributed by atoms with E-state index in [2.05, 4.69) is 15.5 Å². The molecule has 1 N–H and O–H groups in total. The summed E-state index contributed by atoms with van der Waals surface area (Å²) in [5.41, 5.74) is 0. The maximum absolute atomic E-state index is 10.2. The summed E-state index contributed by atoms with van der Waals surface area (Å²) in [7, 11) is 1.62. The largest absolute Gasteiger partial charge is 0.497 e. The number of nitrogens with zero attached hydrogens (tertiary/aromatic N) is 4. The van der Waals surface area contributed by atoms with Crippen molar-refractivity contribution in [1.82, 2.24) is 20.2 Å². The lowest BCUT2D eigenvalue weighted by atomic mass is 9.96. The molecular weight excluding hydrogens is 340 g/mol. The Morgan fingerprint density at radius 2 is 1.92 bits per heavy atom. The summed E-state index contributed by atoms with van der Waals surface area (Å²) in [5.74, 6) is 1.97. The van der Waals surface area contributed by atoms with Crippen LogP contribution in [0, 0.1) is 0 Å². The van der Waals surface area contributed by atoms with Gasteiger partial charge in [0, 0.05) is 5.75 Å². The van der Waals surface area contributed by atoms with E-state index in [-0.39, 0.29) is 6.61 Å². The van der Waals surface area contributed by atoms with Crippen molar-refractivity contribution in [3.63, 3.8) is 0 Å². The van der Waals surface area contributed by atoms with E-state index in [9.17, 15) is 5.11 Å². The Kier molecular flexibility index (Phi) is 6.52. The smallest absolute Gasteiger partial charge is 0.209 e. The fourth-order valence-electron chi connectivity index (χ4n) is 2.92. The standard InChI is InChI=1S/C17H24N4O3S/c1-23-15-7-9-16(10-8-15)24-11-14(22)12-25-17-18-19-20-21(17)13-5-3-2-4-6-13/h7-10,13-14,22H,2-6,11-12H2,1H3. The summed E-state index contributed by atoms with van der Waals surface area (Å²) in [6, 6.07) is 7.69. The van der Waals surface area contributed by atoms with Gasteiger partial charge in [0.1, 0.15) is 18.1 Å². The van der Waals surface area contributed by atoms with Crippen molar-refractivity contribution in [3.05, 3.63) is 24.3 Å². The number of methoxy groups -OCH3 is 1. The molecule has 1 aliphatic carbocycles. The van der Waals surface area contributed by atoms with Crippen LogP contribution < -0.4 is 9.47 Å². The van der Waals surface area contributed by atoms with Crippen LogP contribution in [-0.4, -0.2) is 50.9 Å². The number of rotatable bonds is 8. The van der Waals surface area contributed by atoms with Gasteiger partial charge in [0.15, 0.2) is 0 Å². The molecule has 0 radical (unpaired) electrons. The minimum atomic E-state index is -0.594. The van der Waals surface area contributed by atoms with E-state index in [0.29, 0.717) is 17.5 Å². The quantitative estimate of drug-likeness (QED) is 0.721. The van der Waals surface area contributed by atoms with Crippen molar-refractivity contribution < 1.29 is 14.6 Å². The van der Waals surface area contributed by atoms with E-state index in [1.54, 1.807) is 7.11 Å². The van der Waals surface area contributed by atoms with Gasteiger partial charge in [-0.2, -0.15) is 0 Å². The Morgan fingerprint density at radius 1 is 1.20 bits per heavy atom. The lowest BCUT2D eigenvalue weighted by Gasteiger charge is -2.22. The topological polar surface area (TPSA) is 82.3 Å². The fourth-order valence-corrected chi connectivity index (χ4v) is 3.77. The zero-order valence-corrected chi connectivity index (χ0v) is 15.2. The molecule has 1 unspecified atom stereocenters. The first-order chi connectivity index (χ1) is 12.3. The molecule has 3 rings (SSSR count). The Bertz CT molecular complexity index is 644. The molecule has 1 aromatic carbocycles. The van der Waals surface area contributed by atoms with Crippen LogP contribution in [0.3, 0.4) is 0 Å². The summed E-state index contributed by atoms with van der Waals surface area (Å²) in [4.78, 5) is 0. The lowest BCUT2D eigenvalue weighted by molar-refractivity contribution is 0.126. The molecule has 1 aromatic heterocycles. The van der Waals surface area contributed by atoms with E-state index in [1.807, 2.05) is 28.9 Å². The fraction of sp³-hybridized carbons (Fsp3) is 0.588. The van der Waals surface area contributed by atoms with Gasteiger partial charge in [0.05, 0.1) is 19.3 Å². The third-order valence-electron chi connectivity index (χ3n) is 4.29. The second-order valence-corrected chi connectivity index (χ2v) is 7.14. The zero-order chi connectivity index (χ0) is 17.5. The maximum atomic E-state index is 10.2. The summed E-state index contributed by atoms with van der Waals surface area (Å²) in [6.07, 6.45) is 5.41. The van der Waals surface area contributed by atoms with Crippen LogP contribution in [0.15, 0.2) is 29.4 Å². The lowest BCUT2D eigenvalue weighted by Crippen LogP contribution is -2.21. The number of tetrazole rings is 1. The molecule has 0 bridgehead atoms. The molecule has 0 aliphatic heterocycles. The molecule has 1 atom stereocenters. The van der Waals surface area contributed by atoms with Gasteiger partial charge in [-0.15, -0.1) is 5.10 Å². The van der Waals surface area contributed by atoms with Crippen molar-refractivity contribution in [2.75, 3.05) is 19.5 Å². The third kappa shape index (κ3) is 5.09. The van der Waals surface area contributed by atoms with Gasteiger partial charge in [-0.25, -0.2) is 4.68 Å². The Labute approximate surface area is 151 Å². The van der Waals surface area contributed by atoms with Gasteiger partial charge in [-0.3, -0.25) is 0 Å². The number of hydrogen-bond acceptors (Lipinski definition) is 7. The first kappa shape index (κ1) is 18.0. The van der Waals surface area contributed by atoms with Gasteiger partial charge in [-0.1, -0.05) is 31.0 Å². The van der Waals surface area contributed by atoms with E-state index in [1.165, 1.54) is 31.0 Å². The number of aliphatic hydroxyl groups excluding tert-OH is 1. The number of aliphatic hydroxyl groups is 1. The van der Waals surface area contributed by atoms with Crippen molar-refractivity contribution in [3.8, 4) is 11.5 Å². The highest BCUT2D eigenvalue weighted by Gasteiger charge is 2.21. The molecule has 2 aromatic rings. The van der Waals surface area contributed by atoms with Gasteiger partial charge in [0.2, 0.25) is 5.16 Å². The average Bonchev–Trinajstić information content (AvgIpc) is 3.14. The highest BCUT2D eigenvalue weighted by molar-refractivity contribution is 7.99. The van der Waals surface area contributed by atoms with Crippen LogP contribution in [0.4, 0.5) is 0 Å². The molecule has 0 saturated heterocycles. The Hall–Kier alpha value is -1.80. The molecule has 7 nitrogen and oxygen atoms in total. The van der Waals surface area contributed by atoms with Crippen molar-refractivity contribution >= 4 is 11.8 Å². The van der Waals surface area contributed by atoms with Crippen LogP contribution in [-0.2, 0) is 0 Å². The van der Waals surface area contributed by atoms with Crippen LogP contribution in [0.5, 0.6) is 11.5 Å². The van der Waals surface area contributed by atoms with E-state index in [0.717, 1.165) is 23.7 Å². The van der Waals surface area contributed by atoms with Crippen LogP contribution in [0.1, 0.15) is 38.1 Å². The Balaban J connectivity index is 1.45. The third-order valence-corrected chi connectivity index (χ3v) is 5.37. The normalized spacial score (nSPS) is 16.6. The van der Waals surface area contributed by atoms with E-state index >= 15 is 0 Å². The van der Waals surface area contributed by atoms with Crippen molar-refractivity contribution in [2.45, 2.75) is 49.4 Å². The molecule has 8 heteroatoms. The number of benzene rings is 1. The number of thioether (sulfide) groups is 1. The predicted octanol–water partition coefficient (Wildman–Crippen LogP) is 2.72. The van der Waals surface area contributed by atoms with Crippen molar-refractivity contribution in [2.24, 2.45) is 0 Å². The summed E-state index contributed by atoms with van der Waals surface area (Å²) in [5, 5.41) is 23.0. The highest BCUT2D eigenvalue weighted by atomic mass is 32.2. The average molecular weight is 364 g/mol. The van der Waals surface area contributed by atoms with Crippen molar-refractivity contribution in [1.29, 1.82) is 0 Å². The van der Waals surface area contributed by atoms with Crippen LogP contribution in [0.25, 0.3) is 0 Å². The van der Waals surface area contributed by atoms with Gasteiger partial charge in [-0.05, 0) is 47.5 Å². The molecule has 136 valence electrons. The molecule has 0 amide bonds. The molecule has 25 heavy (non-hydrogen) atoms. The second-order valence-electron chi connectivity index (χ2n) is 6.15. The monoisotopic (exact) mass is 364 g/mol. The Morgan fingerprint density at radius 3 is 2.64 bits per heavy atom. The number of ether oxygens (including phenoxy) is 2. The van der Waals surface area contributed by atoms with Crippen LogP contribution in [0.2, 0.25) is 0 Å². The van der Waals surface area contributed by atoms with Gasteiger partial charge >= 0.3 is 0 Å². The molecule has 1 fully saturated rings. The first-order valence-corrected chi connectivity index (χ1v) is 9.60. The summed E-state index contributed by atoms with van der Waals surface area (Å²) in [6.45, 7) is 0.227. The van der Waals surface area contributed by atoms with E-state index < -0.39 is 6.10 Å². The van der Waals surface area contributed by atoms with Gasteiger partial charge < -0.3 is 14.6 Å². The maximum Gasteiger partial charge on any atom is 0.209 e. The van der Waals surface area contributed by atoms with Crippen LogP contribution >= 0.6 is 11.8 Å². The second kappa shape index (κ2) is 9.05. The minimum absolute atomic E-state index is 0.227. The molecular formula is C17H24N4O3S. The summed E-state index contributed by atoms with van der Waals surface area (Å²) >= 11 is 1.47. The van der Waals surface area contributed by atoms with Gasteiger partial charge in [0.25, 0.3) is 0 Å². The molecule has 0 spiro atoms. The molecule has 1 heterocycles. The summed E-state index contributed by atoms with van der Waals surface area (Å²) < 4.78 is 12.6. The number of aromatic nitrogens is 4.